The van der Waals surface area contributed by atoms with Crippen LogP contribution in [0.1, 0.15) is 13.8 Å². The summed E-state index contributed by atoms with van der Waals surface area (Å²) in [7, 11) is 1.58. The Morgan fingerprint density at radius 2 is 1.80 bits per heavy atom. The summed E-state index contributed by atoms with van der Waals surface area (Å²) in [4.78, 5) is 24.4. The predicted octanol–water partition coefficient (Wildman–Crippen LogP) is 0.601. The van der Waals surface area contributed by atoms with Gasteiger partial charge < -0.3 is 10.2 Å². The Bertz CT molecular complexity index is 215. The van der Waals surface area contributed by atoms with Crippen molar-refractivity contribution in [2.24, 2.45) is 0 Å². The van der Waals surface area contributed by atoms with E-state index in [1.54, 1.807) is 14.0 Å². The van der Waals surface area contributed by atoms with E-state index >= 15 is 0 Å². The molecule has 0 spiro atoms. The maximum atomic E-state index is 9.96. The second-order valence-electron chi connectivity index (χ2n) is 2.68. The van der Waals surface area contributed by atoms with Crippen LogP contribution in [-0.2, 0) is 14.4 Å². The number of nitrogens with zero attached hydrogens (tertiary/aromatic N) is 1. The van der Waals surface area contributed by atoms with Gasteiger partial charge in [-0.1, -0.05) is 6.58 Å². The minimum atomic E-state index is -0.935. The molecular weight excluding hydrogens is 202 g/mol. The number of aliphatic carboxylic acids is 2. The Morgan fingerprint density at radius 3 is 2.00 bits per heavy atom. The van der Waals surface area contributed by atoms with E-state index in [4.69, 9.17) is 15.1 Å². The zero-order valence-corrected chi connectivity index (χ0v) is 9.19. The smallest absolute Gasteiger partial charge is 0.330 e. The average molecular weight is 219 g/mol. The van der Waals surface area contributed by atoms with Crippen LogP contribution >= 0.6 is 0 Å². The largest absolute Gasteiger partial charge is 0.480 e. The van der Waals surface area contributed by atoms with Crippen molar-refractivity contribution >= 4 is 11.9 Å². The molecule has 6 heteroatoms. The minimum Gasteiger partial charge on any atom is -0.480 e. The maximum absolute atomic E-state index is 9.96. The summed E-state index contributed by atoms with van der Waals surface area (Å²) in [6.45, 7) is 6.83. The zero-order chi connectivity index (χ0) is 12.4. The van der Waals surface area contributed by atoms with Crippen molar-refractivity contribution in [2.75, 3.05) is 20.2 Å². The predicted molar refractivity (Wildman–Crippen MR) is 54.3 cm³/mol. The molecule has 88 valence electrons. The molecule has 0 amide bonds. The lowest BCUT2D eigenvalue weighted by Crippen LogP contribution is -2.25. The average Bonchev–Trinajstić information content (AvgIpc) is 2.03. The number of carboxylic acid groups (broad SMARTS) is 2. The van der Waals surface area contributed by atoms with Gasteiger partial charge in [0.1, 0.15) is 6.54 Å². The molecule has 0 aromatic heterocycles. The van der Waals surface area contributed by atoms with Crippen LogP contribution in [0.4, 0.5) is 0 Å². The third kappa shape index (κ3) is 15.4. The van der Waals surface area contributed by atoms with Crippen LogP contribution in [0, 0.1) is 0 Å². The Kier molecular flexibility index (Phi) is 9.81. The maximum Gasteiger partial charge on any atom is 0.330 e. The van der Waals surface area contributed by atoms with Crippen molar-refractivity contribution in [2.45, 2.75) is 13.8 Å². The number of hydrogen-bond acceptors (Lipinski definition) is 4. The molecular formula is C9H17NO5. The lowest BCUT2D eigenvalue weighted by atomic mass is 10.4. The van der Waals surface area contributed by atoms with E-state index in [2.05, 4.69) is 6.58 Å². The summed E-state index contributed by atoms with van der Waals surface area (Å²) in [6.07, 6.45) is 0. The Labute approximate surface area is 88.7 Å². The number of hydroxylamine groups is 2. The van der Waals surface area contributed by atoms with Crippen LogP contribution in [-0.4, -0.2) is 47.4 Å². The second-order valence-corrected chi connectivity index (χ2v) is 2.68. The Morgan fingerprint density at radius 1 is 1.40 bits per heavy atom. The molecule has 0 saturated carbocycles. The fourth-order valence-corrected chi connectivity index (χ4v) is 0.457. The number of hydrogen-bond donors (Lipinski definition) is 2. The third-order valence-corrected chi connectivity index (χ3v) is 1.07. The highest BCUT2D eigenvalue weighted by Crippen LogP contribution is 1.82. The van der Waals surface area contributed by atoms with Crippen LogP contribution in [0.25, 0.3) is 0 Å². The first-order valence-corrected chi connectivity index (χ1v) is 4.25. The molecule has 0 heterocycles. The van der Waals surface area contributed by atoms with E-state index in [1.807, 2.05) is 0 Å². The van der Waals surface area contributed by atoms with E-state index in [0.29, 0.717) is 6.61 Å². The number of likely N-dealkylation sites (N-methyl/N-ethyl adjacent to an activating group) is 1. The fraction of sp³-hybridized carbons (Fsp3) is 0.556. The van der Waals surface area contributed by atoms with Gasteiger partial charge in [0.2, 0.25) is 0 Å². The highest BCUT2D eigenvalue weighted by Gasteiger charge is 2.01. The van der Waals surface area contributed by atoms with Gasteiger partial charge in [0.15, 0.2) is 0 Å². The summed E-state index contributed by atoms with van der Waals surface area (Å²) >= 11 is 0. The molecule has 0 aliphatic carbocycles. The molecule has 6 nitrogen and oxygen atoms in total. The monoisotopic (exact) mass is 219 g/mol. The van der Waals surface area contributed by atoms with Crippen LogP contribution in [0.3, 0.4) is 0 Å². The van der Waals surface area contributed by atoms with Crippen molar-refractivity contribution in [1.29, 1.82) is 0 Å². The van der Waals surface area contributed by atoms with Crippen molar-refractivity contribution < 1.29 is 24.6 Å². The molecule has 0 fully saturated rings. The van der Waals surface area contributed by atoms with E-state index in [1.165, 1.54) is 12.0 Å². The molecule has 0 aromatic rings. The summed E-state index contributed by atoms with van der Waals surface area (Å²) in [5.41, 5.74) is 0.176. The summed E-state index contributed by atoms with van der Waals surface area (Å²) in [5, 5.41) is 17.4. The standard InChI is InChI=1S/C5H11NO3.C4H6O2/c1-3-9-6(2)4-5(7)8;1-3(2)4(5)6/h3-4H2,1-2H3,(H,7,8);1H2,2H3,(H,5,6). The van der Waals surface area contributed by atoms with E-state index in [9.17, 15) is 9.59 Å². The van der Waals surface area contributed by atoms with Gasteiger partial charge in [0, 0.05) is 12.6 Å². The van der Waals surface area contributed by atoms with Gasteiger partial charge in [0.05, 0.1) is 6.61 Å². The SMILES string of the molecule is C=C(C)C(=O)O.CCON(C)CC(=O)O. The van der Waals surface area contributed by atoms with Gasteiger partial charge in [-0.15, -0.1) is 0 Å². The lowest BCUT2D eigenvalue weighted by molar-refractivity contribution is -0.164. The second kappa shape index (κ2) is 9.17. The van der Waals surface area contributed by atoms with Gasteiger partial charge >= 0.3 is 11.9 Å². The molecule has 2 N–H and O–H groups in total. The molecule has 0 bridgehead atoms. The van der Waals surface area contributed by atoms with Crippen molar-refractivity contribution in [1.82, 2.24) is 5.06 Å². The summed E-state index contributed by atoms with van der Waals surface area (Å²) in [5.74, 6) is -1.82. The van der Waals surface area contributed by atoms with Crippen molar-refractivity contribution in [3.05, 3.63) is 12.2 Å². The fourth-order valence-electron chi connectivity index (χ4n) is 0.457. The first kappa shape index (κ1) is 16.0. The van der Waals surface area contributed by atoms with Crippen molar-refractivity contribution in [3.63, 3.8) is 0 Å². The van der Waals surface area contributed by atoms with Crippen LogP contribution in [0.5, 0.6) is 0 Å². The van der Waals surface area contributed by atoms with Gasteiger partial charge in [-0.25, -0.2) is 4.79 Å². The molecule has 0 atom stereocenters. The number of rotatable bonds is 5. The van der Waals surface area contributed by atoms with Crippen LogP contribution in [0.2, 0.25) is 0 Å². The summed E-state index contributed by atoms with van der Waals surface area (Å²) < 4.78 is 0. The number of carbonyl (C=O) groups is 2. The molecule has 0 radical (unpaired) electrons. The van der Waals surface area contributed by atoms with Gasteiger partial charge in [-0.05, 0) is 13.8 Å². The molecule has 0 saturated heterocycles. The van der Waals surface area contributed by atoms with Crippen LogP contribution < -0.4 is 0 Å². The highest BCUT2D eigenvalue weighted by atomic mass is 16.7. The lowest BCUT2D eigenvalue weighted by Gasteiger charge is -2.11. The normalized spacial score (nSPS) is 9.07. The first-order chi connectivity index (χ1) is 6.81. The van der Waals surface area contributed by atoms with E-state index < -0.39 is 11.9 Å². The molecule has 0 aliphatic rings. The van der Waals surface area contributed by atoms with Gasteiger partial charge in [-0.3, -0.25) is 9.63 Å². The highest BCUT2D eigenvalue weighted by molar-refractivity contribution is 5.84. The van der Waals surface area contributed by atoms with Gasteiger partial charge in [0.25, 0.3) is 0 Å². The quantitative estimate of drug-likeness (QED) is 0.520. The third-order valence-electron chi connectivity index (χ3n) is 1.07. The van der Waals surface area contributed by atoms with Gasteiger partial charge in [-0.2, -0.15) is 5.06 Å². The molecule has 0 aromatic carbocycles. The molecule has 15 heavy (non-hydrogen) atoms. The van der Waals surface area contributed by atoms with Crippen LogP contribution in [0.15, 0.2) is 12.2 Å². The molecule has 0 unspecified atom stereocenters. The molecule has 0 aliphatic heterocycles. The topological polar surface area (TPSA) is 87.1 Å². The summed E-state index contributed by atoms with van der Waals surface area (Å²) in [6, 6.07) is 0. The zero-order valence-electron chi connectivity index (χ0n) is 9.19. The number of carboxylic acids is 2. The Balaban J connectivity index is 0. The first-order valence-electron chi connectivity index (χ1n) is 4.25. The minimum absolute atomic E-state index is 0.0756. The van der Waals surface area contributed by atoms with E-state index in [-0.39, 0.29) is 12.1 Å². The van der Waals surface area contributed by atoms with Crippen molar-refractivity contribution in [3.8, 4) is 0 Å². The Hall–Kier alpha value is -1.40. The van der Waals surface area contributed by atoms with E-state index in [0.717, 1.165) is 0 Å². The molecule has 0 rings (SSSR count).